The number of aromatic nitrogens is 1. The predicted octanol–water partition coefficient (Wildman–Crippen LogP) is 2.34. The highest BCUT2D eigenvalue weighted by Gasteiger charge is 2.17. The molecule has 0 saturated heterocycles. The molecule has 2 heterocycles. The predicted molar refractivity (Wildman–Crippen MR) is 72.4 cm³/mol. The summed E-state index contributed by atoms with van der Waals surface area (Å²) < 4.78 is 0. The lowest BCUT2D eigenvalue weighted by Gasteiger charge is -2.30. The van der Waals surface area contributed by atoms with Gasteiger partial charge in [-0.1, -0.05) is 24.3 Å². The molecule has 1 aromatic heterocycles. The molecule has 0 bridgehead atoms. The van der Waals surface area contributed by atoms with E-state index in [0.717, 1.165) is 25.2 Å². The second-order valence-electron chi connectivity index (χ2n) is 4.68. The molecule has 0 radical (unpaired) electrons. The van der Waals surface area contributed by atoms with Crippen LogP contribution < -0.4 is 4.90 Å². The Morgan fingerprint density at radius 1 is 1.21 bits per heavy atom. The van der Waals surface area contributed by atoms with Crippen molar-refractivity contribution < 1.29 is 9.90 Å². The van der Waals surface area contributed by atoms with E-state index in [1.807, 2.05) is 6.07 Å². The van der Waals surface area contributed by atoms with E-state index in [-0.39, 0.29) is 5.56 Å². The zero-order valence-corrected chi connectivity index (χ0v) is 10.4. The number of anilines is 1. The van der Waals surface area contributed by atoms with E-state index >= 15 is 0 Å². The van der Waals surface area contributed by atoms with E-state index < -0.39 is 5.97 Å². The van der Waals surface area contributed by atoms with Gasteiger partial charge in [-0.3, -0.25) is 4.98 Å². The zero-order chi connectivity index (χ0) is 13.2. The summed E-state index contributed by atoms with van der Waals surface area (Å²) in [6.07, 6.45) is 4.08. The van der Waals surface area contributed by atoms with Crippen molar-refractivity contribution in [3.05, 3.63) is 59.4 Å². The Labute approximate surface area is 111 Å². The van der Waals surface area contributed by atoms with E-state index in [4.69, 9.17) is 5.11 Å². The van der Waals surface area contributed by atoms with Crippen molar-refractivity contribution in [3.8, 4) is 0 Å². The van der Waals surface area contributed by atoms with Crippen LogP contribution in [0.1, 0.15) is 21.5 Å². The number of nitrogens with zero attached hydrogens (tertiary/aromatic N) is 2. The third-order valence-corrected chi connectivity index (χ3v) is 3.47. The highest BCUT2D eigenvalue weighted by atomic mass is 16.4. The Morgan fingerprint density at radius 2 is 2.00 bits per heavy atom. The third-order valence-electron chi connectivity index (χ3n) is 3.47. The van der Waals surface area contributed by atoms with Gasteiger partial charge in [0.25, 0.3) is 0 Å². The fraction of sp³-hybridized carbons (Fsp3) is 0.200. The first-order valence-electron chi connectivity index (χ1n) is 6.24. The molecule has 19 heavy (non-hydrogen) atoms. The Morgan fingerprint density at radius 3 is 2.79 bits per heavy atom. The average Bonchev–Trinajstić information content (AvgIpc) is 2.47. The molecule has 0 spiro atoms. The maximum atomic E-state index is 11.0. The molecular weight excluding hydrogens is 240 g/mol. The number of aromatic carboxylic acids is 1. The van der Waals surface area contributed by atoms with Crippen molar-refractivity contribution in [1.29, 1.82) is 0 Å². The summed E-state index contributed by atoms with van der Waals surface area (Å²) >= 11 is 0. The Balaban J connectivity index is 1.89. The molecule has 3 rings (SSSR count). The number of benzene rings is 1. The number of carbonyl (C=O) groups is 1. The van der Waals surface area contributed by atoms with Gasteiger partial charge in [-0.2, -0.15) is 0 Å². The van der Waals surface area contributed by atoms with Gasteiger partial charge in [0.05, 0.1) is 17.4 Å². The van der Waals surface area contributed by atoms with E-state index in [1.54, 1.807) is 12.3 Å². The fourth-order valence-corrected chi connectivity index (χ4v) is 2.43. The minimum atomic E-state index is -0.938. The van der Waals surface area contributed by atoms with Crippen molar-refractivity contribution in [1.82, 2.24) is 4.98 Å². The highest BCUT2D eigenvalue weighted by Crippen LogP contribution is 2.24. The topological polar surface area (TPSA) is 53.4 Å². The fourth-order valence-electron chi connectivity index (χ4n) is 2.43. The molecule has 96 valence electrons. The lowest BCUT2D eigenvalue weighted by molar-refractivity contribution is 0.0696. The standard InChI is InChI=1S/C15H14N2O2/c18-15(19)13-7-14(9-16-8-13)17-6-5-11-3-1-2-4-12(11)10-17/h1-4,7-9H,5-6,10H2,(H,18,19). The molecule has 1 aliphatic heterocycles. The summed E-state index contributed by atoms with van der Waals surface area (Å²) in [5, 5.41) is 9.01. The second-order valence-corrected chi connectivity index (χ2v) is 4.68. The first-order valence-corrected chi connectivity index (χ1v) is 6.24. The Kier molecular flexibility index (Phi) is 2.91. The van der Waals surface area contributed by atoms with Gasteiger partial charge >= 0.3 is 5.97 Å². The van der Waals surface area contributed by atoms with Gasteiger partial charge in [0.2, 0.25) is 0 Å². The van der Waals surface area contributed by atoms with Crippen LogP contribution in [0.3, 0.4) is 0 Å². The number of hydrogen-bond acceptors (Lipinski definition) is 3. The lowest BCUT2D eigenvalue weighted by Crippen LogP contribution is -2.30. The number of fused-ring (bicyclic) bond motifs is 1. The number of pyridine rings is 1. The molecule has 2 aromatic rings. The zero-order valence-electron chi connectivity index (χ0n) is 10.4. The van der Waals surface area contributed by atoms with Gasteiger partial charge in [-0.25, -0.2) is 4.79 Å². The van der Waals surface area contributed by atoms with Crippen LogP contribution in [0.15, 0.2) is 42.7 Å². The lowest BCUT2D eigenvalue weighted by atomic mass is 9.99. The minimum absolute atomic E-state index is 0.233. The van der Waals surface area contributed by atoms with Gasteiger partial charge in [0.1, 0.15) is 0 Å². The molecule has 1 N–H and O–H groups in total. The quantitative estimate of drug-likeness (QED) is 0.893. The van der Waals surface area contributed by atoms with E-state index in [2.05, 4.69) is 28.1 Å². The maximum Gasteiger partial charge on any atom is 0.337 e. The van der Waals surface area contributed by atoms with Crippen molar-refractivity contribution in [2.75, 3.05) is 11.4 Å². The number of hydrogen-bond donors (Lipinski definition) is 1. The Bertz CT molecular complexity index is 625. The highest BCUT2D eigenvalue weighted by molar-refractivity contribution is 5.88. The van der Waals surface area contributed by atoms with Crippen LogP contribution in [0.2, 0.25) is 0 Å². The molecule has 1 aromatic carbocycles. The SMILES string of the molecule is O=C(O)c1cncc(N2CCc3ccccc3C2)c1. The molecule has 1 aliphatic rings. The summed E-state index contributed by atoms with van der Waals surface area (Å²) in [6.45, 7) is 1.70. The van der Waals surface area contributed by atoms with Gasteiger partial charge in [-0.05, 0) is 23.6 Å². The molecule has 0 unspecified atom stereocenters. The van der Waals surface area contributed by atoms with E-state index in [1.165, 1.54) is 17.3 Å². The molecule has 0 amide bonds. The van der Waals surface area contributed by atoms with E-state index in [0.29, 0.717) is 0 Å². The minimum Gasteiger partial charge on any atom is -0.478 e. The first-order chi connectivity index (χ1) is 9.24. The summed E-state index contributed by atoms with van der Waals surface area (Å²) in [4.78, 5) is 17.2. The summed E-state index contributed by atoms with van der Waals surface area (Å²) in [5.74, 6) is -0.938. The summed E-state index contributed by atoms with van der Waals surface area (Å²) in [7, 11) is 0. The Hall–Kier alpha value is -2.36. The molecule has 0 atom stereocenters. The van der Waals surface area contributed by atoms with Crippen molar-refractivity contribution in [3.63, 3.8) is 0 Å². The maximum absolute atomic E-state index is 11.0. The smallest absolute Gasteiger partial charge is 0.337 e. The van der Waals surface area contributed by atoms with Crippen LogP contribution in [0.5, 0.6) is 0 Å². The van der Waals surface area contributed by atoms with Crippen LogP contribution in [0.4, 0.5) is 5.69 Å². The van der Waals surface area contributed by atoms with Gasteiger partial charge in [-0.15, -0.1) is 0 Å². The number of carboxylic acid groups (broad SMARTS) is 1. The van der Waals surface area contributed by atoms with Gasteiger partial charge < -0.3 is 10.0 Å². The number of rotatable bonds is 2. The average molecular weight is 254 g/mol. The molecule has 0 fully saturated rings. The van der Waals surface area contributed by atoms with Crippen LogP contribution in [-0.4, -0.2) is 22.6 Å². The molecule has 0 saturated carbocycles. The van der Waals surface area contributed by atoms with Crippen molar-refractivity contribution in [2.24, 2.45) is 0 Å². The van der Waals surface area contributed by atoms with Crippen LogP contribution in [0, 0.1) is 0 Å². The molecular formula is C15H14N2O2. The number of carboxylic acids is 1. The molecule has 4 heteroatoms. The van der Waals surface area contributed by atoms with Crippen molar-refractivity contribution in [2.45, 2.75) is 13.0 Å². The molecule has 0 aliphatic carbocycles. The second kappa shape index (κ2) is 4.72. The van der Waals surface area contributed by atoms with Gasteiger partial charge in [0, 0.05) is 19.3 Å². The monoisotopic (exact) mass is 254 g/mol. The van der Waals surface area contributed by atoms with Crippen LogP contribution >= 0.6 is 0 Å². The van der Waals surface area contributed by atoms with E-state index in [9.17, 15) is 4.79 Å². The van der Waals surface area contributed by atoms with Crippen LogP contribution in [0.25, 0.3) is 0 Å². The normalized spacial score (nSPS) is 14.0. The first kappa shape index (κ1) is 11.7. The molecule has 4 nitrogen and oxygen atoms in total. The third kappa shape index (κ3) is 2.29. The van der Waals surface area contributed by atoms with Crippen molar-refractivity contribution >= 4 is 11.7 Å². The van der Waals surface area contributed by atoms with Gasteiger partial charge in [0.15, 0.2) is 0 Å². The summed E-state index contributed by atoms with van der Waals surface area (Å²) in [5.41, 5.74) is 3.78. The summed E-state index contributed by atoms with van der Waals surface area (Å²) in [6, 6.07) is 10.0. The van der Waals surface area contributed by atoms with Crippen LogP contribution in [-0.2, 0) is 13.0 Å². The largest absolute Gasteiger partial charge is 0.478 e.